The van der Waals surface area contributed by atoms with E-state index in [4.69, 9.17) is 9.47 Å². The zero-order chi connectivity index (χ0) is 18.9. The monoisotopic (exact) mass is 378 g/mol. The van der Waals surface area contributed by atoms with Crippen molar-refractivity contribution < 1.29 is 22.3 Å². The van der Waals surface area contributed by atoms with Crippen molar-refractivity contribution in [1.29, 1.82) is 0 Å². The molecule has 0 spiro atoms. The maximum absolute atomic E-state index is 13.2. The molecule has 1 atom stereocenters. The lowest BCUT2D eigenvalue weighted by molar-refractivity contribution is 0.374. The van der Waals surface area contributed by atoms with Gasteiger partial charge in [0.2, 0.25) is 10.0 Å². The maximum atomic E-state index is 13.2. The second kappa shape index (κ2) is 6.95. The summed E-state index contributed by atoms with van der Waals surface area (Å²) >= 11 is 0. The summed E-state index contributed by atoms with van der Waals surface area (Å²) in [5, 5.41) is 4.32. The molecule has 1 aliphatic heterocycles. The van der Waals surface area contributed by atoms with Crippen LogP contribution in [0.2, 0.25) is 0 Å². The van der Waals surface area contributed by atoms with E-state index < -0.39 is 16.1 Å². The largest absolute Gasteiger partial charge is 0.497 e. The molecule has 0 aromatic heterocycles. The number of halogens is 1. The molecule has 0 bridgehead atoms. The fourth-order valence-electron chi connectivity index (χ4n) is 2.88. The van der Waals surface area contributed by atoms with Crippen molar-refractivity contribution in [3.63, 3.8) is 0 Å². The third-order valence-electron chi connectivity index (χ3n) is 4.15. The summed E-state index contributed by atoms with van der Waals surface area (Å²) in [5.41, 5.74) is 1.96. The summed E-state index contributed by atoms with van der Waals surface area (Å²) in [5.74, 6) is 0.785. The number of hydrogen-bond donors (Lipinski definition) is 0. The molecule has 3 rings (SSSR count). The van der Waals surface area contributed by atoms with Crippen molar-refractivity contribution in [1.82, 2.24) is 4.41 Å². The molecule has 1 heterocycles. The predicted molar refractivity (Wildman–Crippen MR) is 96.5 cm³/mol. The van der Waals surface area contributed by atoms with Crippen LogP contribution in [0.15, 0.2) is 47.6 Å². The van der Waals surface area contributed by atoms with Crippen molar-refractivity contribution in [3.8, 4) is 11.5 Å². The first-order valence-electron chi connectivity index (χ1n) is 7.87. The fourth-order valence-corrected chi connectivity index (χ4v) is 3.78. The van der Waals surface area contributed by atoms with Gasteiger partial charge < -0.3 is 9.47 Å². The Morgan fingerprint density at radius 2 is 1.65 bits per heavy atom. The Morgan fingerprint density at radius 3 is 2.15 bits per heavy atom. The second-order valence-electron chi connectivity index (χ2n) is 5.96. The van der Waals surface area contributed by atoms with Crippen LogP contribution < -0.4 is 9.47 Å². The minimum atomic E-state index is -3.59. The molecule has 0 unspecified atom stereocenters. The summed E-state index contributed by atoms with van der Waals surface area (Å²) in [6.45, 7) is 0. The van der Waals surface area contributed by atoms with E-state index in [1.54, 1.807) is 44.6 Å². The highest BCUT2D eigenvalue weighted by Gasteiger charge is 2.34. The van der Waals surface area contributed by atoms with Crippen molar-refractivity contribution in [2.75, 3.05) is 20.5 Å². The van der Waals surface area contributed by atoms with Crippen LogP contribution in [0.5, 0.6) is 11.5 Å². The van der Waals surface area contributed by atoms with Gasteiger partial charge in [-0.1, -0.05) is 12.1 Å². The van der Waals surface area contributed by atoms with Gasteiger partial charge in [-0.15, -0.1) is 0 Å². The normalized spacial score (nSPS) is 17.2. The molecule has 0 saturated heterocycles. The number of sulfonamides is 1. The Kier molecular flexibility index (Phi) is 4.86. The minimum absolute atomic E-state index is 0.356. The third kappa shape index (κ3) is 3.65. The van der Waals surface area contributed by atoms with Crippen LogP contribution in [0, 0.1) is 5.82 Å². The molecule has 0 N–H and O–H groups in total. The van der Waals surface area contributed by atoms with E-state index >= 15 is 0 Å². The maximum Gasteiger partial charge on any atom is 0.247 e. The molecule has 2 aromatic rings. The lowest BCUT2D eigenvalue weighted by atomic mass is 9.99. The molecule has 0 radical (unpaired) electrons. The quantitative estimate of drug-likeness (QED) is 0.802. The standard InChI is InChI=1S/C18H19FN2O4S/c1-24-15-8-13(9-16(10-15)25-2)17-11-18(21(20-17)26(3,22)23)12-4-6-14(19)7-5-12/h4-10,18H,11H2,1-3H3/t18-/m0/s1. The van der Waals surface area contributed by atoms with Crippen LogP contribution in [0.1, 0.15) is 23.6 Å². The Bertz CT molecular complexity index is 920. The zero-order valence-corrected chi connectivity index (χ0v) is 15.5. The highest BCUT2D eigenvalue weighted by atomic mass is 32.2. The Morgan fingerprint density at radius 1 is 1.08 bits per heavy atom. The van der Waals surface area contributed by atoms with E-state index in [1.165, 1.54) is 12.1 Å². The van der Waals surface area contributed by atoms with Crippen molar-refractivity contribution >= 4 is 15.7 Å². The van der Waals surface area contributed by atoms with E-state index in [1.807, 2.05) is 0 Å². The van der Waals surface area contributed by atoms with Crippen LogP contribution >= 0.6 is 0 Å². The van der Waals surface area contributed by atoms with Gasteiger partial charge in [-0.05, 0) is 29.8 Å². The summed E-state index contributed by atoms with van der Waals surface area (Å²) in [7, 11) is -0.511. The van der Waals surface area contributed by atoms with Gasteiger partial charge in [-0.3, -0.25) is 0 Å². The Labute approximate surface area is 151 Å². The van der Waals surface area contributed by atoms with E-state index in [2.05, 4.69) is 5.10 Å². The van der Waals surface area contributed by atoms with E-state index in [-0.39, 0.29) is 5.82 Å². The van der Waals surface area contributed by atoms with Crippen LogP contribution in [0.25, 0.3) is 0 Å². The fraction of sp³-hybridized carbons (Fsp3) is 0.278. The van der Waals surface area contributed by atoms with E-state index in [0.29, 0.717) is 34.8 Å². The van der Waals surface area contributed by atoms with Crippen LogP contribution in [-0.2, 0) is 10.0 Å². The topological polar surface area (TPSA) is 68.2 Å². The smallest absolute Gasteiger partial charge is 0.247 e. The van der Waals surface area contributed by atoms with E-state index in [9.17, 15) is 12.8 Å². The van der Waals surface area contributed by atoms with Crippen molar-refractivity contribution in [2.45, 2.75) is 12.5 Å². The molecule has 0 saturated carbocycles. The number of hydrazone groups is 1. The van der Waals surface area contributed by atoms with Crippen LogP contribution in [0.4, 0.5) is 4.39 Å². The highest BCUT2D eigenvalue weighted by Crippen LogP contribution is 2.36. The van der Waals surface area contributed by atoms with Crippen molar-refractivity contribution in [2.24, 2.45) is 5.10 Å². The molecule has 6 nitrogen and oxygen atoms in total. The van der Waals surface area contributed by atoms with E-state index in [0.717, 1.165) is 10.7 Å². The summed E-state index contributed by atoms with van der Waals surface area (Å²) < 4.78 is 49.2. The second-order valence-corrected chi connectivity index (χ2v) is 7.80. The van der Waals surface area contributed by atoms with Gasteiger partial charge in [0.05, 0.1) is 32.2 Å². The molecule has 0 fully saturated rings. The summed E-state index contributed by atoms with van der Waals surface area (Å²) in [6, 6.07) is 10.5. The van der Waals surface area contributed by atoms with Gasteiger partial charge in [-0.25, -0.2) is 12.8 Å². The minimum Gasteiger partial charge on any atom is -0.497 e. The van der Waals surface area contributed by atoms with Crippen LogP contribution in [-0.4, -0.2) is 39.0 Å². The van der Waals surface area contributed by atoms with Gasteiger partial charge in [0.15, 0.2) is 0 Å². The number of nitrogens with zero attached hydrogens (tertiary/aromatic N) is 2. The first-order valence-corrected chi connectivity index (χ1v) is 9.72. The predicted octanol–water partition coefficient (Wildman–Crippen LogP) is 2.95. The average Bonchev–Trinajstić information content (AvgIpc) is 3.07. The summed E-state index contributed by atoms with van der Waals surface area (Å²) in [4.78, 5) is 0. The molecular weight excluding hydrogens is 359 g/mol. The molecule has 2 aromatic carbocycles. The summed E-state index contributed by atoms with van der Waals surface area (Å²) in [6.07, 6.45) is 1.46. The number of rotatable bonds is 5. The number of ether oxygens (including phenoxy) is 2. The Balaban J connectivity index is 2.03. The molecule has 0 aliphatic carbocycles. The lowest BCUT2D eigenvalue weighted by Crippen LogP contribution is -2.25. The SMILES string of the molecule is COc1cc(OC)cc(C2=NN(S(C)(=O)=O)[C@H](c3ccc(F)cc3)C2)c1. The van der Waals surface area contributed by atoms with Gasteiger partial charge in [0.25, 0.3) is 0 Å². The molecule has 0 amide bonds. The molecule has 138 valence electrons. The molecule has 26 heavy (non-hydrogen) atoms. The van der Waals surface area contributed by atoms with Gasteiger partial charge in [0, 0.05) is 18.1 Å². The van der Waals surface area contributed by atoms with Gasteiger partial charge in [-0.2, -0.15) is 9.52 Å². The Hall–Kier alpha value is -2.61. The van der Waals surface area contributed by atoms with Crippen molar-refractivity contribution in [3.05, 3.63) is 59.4 Å². The van der Waals surface area contributed by atoms with Gasteiger partial charge in [0.1, 0.15) is 17.3 Å². The average molecular weight is 378 g/mol. The molecular formula is C18H19FN2O4S. The number of methoxy groups -OCH3 is 2. The van der Waals surface area contributed by atoms with Crippen LogP contribution in [0.3, 0.4) is 0 Å². The molecule has 8 heteroatoms. The first kappa shape index (κ1) is 18.2. The lowest BCUT2D eigenvalue weighted by Gasteiger charge is -2.21. The van der Waals surface area contributed by atoms with Gasteiger partial charge >= 0.3 is 0 Å². The third-order valence-corrected chi connectivity index (χ3v) is 5.17. The molecule has 1 aliphatic rings. The number of hydrogen-bond acceptors (Lipinski definition) is 5. The zero-order valence-electron chi connectivity index (χ0n) is 14.6. The number of benzene rings is 2. The highest BCUT2D eigenvalue weighted by molar-refractivity contribution is 7.88. The first-order chi connectivity index (χ1) is 12.3.